The van der Waals surface area contributed by atoms with Crippen LogP contribution in [0.2, 0.25) is 0 Å². The van der Waals surface area contributed by atoms with E-state index < -0.39 is 16.8 Å². The van der Waals surface area contributed by atoms with Gasteiger partial charge in [-0.25, -0.2) is 19.2 Å². The van der Waals surface area contributed by atoms with Crippen molar-refractivity contribution in [1.29, 1.82) is 0 Å². The number of nitro benzene ring substituents is 1. The number of fused-ring (bicyclic) bond motifs is 1. The fourth-order valence-electron chi connectivity index (χ4n) is 2.43. The molecule has 0 saturated heterocycles. The van der Waals surface area contributed by atoms with Crippen molar-refractivity contribution in [3.05, 3.63) is 64.7 Å². The topological polar surface area (TPSA) is 136 Å². The van der Waals surface area contributed by atoms with Crippen LogP contribution in [0, 0.1) is 15.9 Å². The Morgan fingerprint density at radius 2 is 2.00 bits per heavy atom. The van der Waals surface area contributed by atoms with E-state index in [4.69, 9.17) is 0 Å². The van der Waals surface area contributed by atoms with Gasteiger partial charge < -0.3 is 5.32 Å². The molecule has 0 aliphatic rings. The molecule has 4 rings (SSSR count). The number of halogens is 1. The van der Waals surface area contributed by atoms with Crippen molar-refractivity contribution in [2.75, 3.05) is 10.6 Å². The number of benzene rings is 2. The summed E-state index contributed by atoms with van der Waals surface area (Å²) in [5.74, 6) is -0.472. The molecule has 4 aromatic rings. The first-order valence-electron chi connectivity index (χ1n) is 8.22. The van der Waals surface area contributed by atoms with Gasteiger partial charge in [0.25, 0.3) is 5.69 Å². The minimum atomic E-state index is -0.601. The molecule has 10 nitrogen and oxygen atoms in total. The summed E-state index contributed by atoms with van der Waals surface area (Å²) in [6, 6.07) is 9.17. The maximum absolute atomic E-state index is 13.2. The van der Waals surface area contributed by atoms with Gasteiger partial charge in [-0.2, -0.15) is 0 Å². The molecule has 30 heavy (non-hydrogen) atoms. The number of anilines is 2. The van der Waals surface area contributed by atoms with E-state index in [-0.39, 0.29) is 10.8 Å². The Morgan fingerprint density at radius 1 is 1.13 bits per heavy atom. The SMILES string of the molecule is O=C(Nc1cccc(F)c1)Nc1nnc(Sc2ncnc3ccc([N+](=O)[O-])cc23)s1. The normalized spacial score (nSPS) is 10.7. The molecule has 0 spiro atoms. The van der Waals surface area contributed by atoms with Gasteiger partial charge in [0, 0.05) is 23.2 Å². The summed E-state index contributed by atoms with van der Waals surface area (Å²) in [6.07, 6.45) is 1.35. The minimum absolute atomic E-state index is 0.0761. The predicted octanol–water partition coefficient (Wildman–Crippen LogP) is 4.32. The number of rotatable bonds is 5. The highest BCUT2D eigenvalue weighted by atomic mass is 32.2. The zero-order valence-corrected chi connectivity index (χ0v) is 16.4. The molecule has 0 atom stereocenters. The fraction of sp³-hybridized carbons (Fsp3) is 0. The summed E-state index contributed by atoms with van der Waals surface area (Å²) in [5.41, 5.74) is 0.767. The van der Waals surface area contributed by atoms with Gasteiger partial charge in [-0.15, -0.1) is 10.2 Å². The average molecular weight is 443 g/mol. The number of nitrogens with zero attached hydrogens (tertiary/aromatic N) is 5. The number of hydrogen-bond acceptors (Lipinski definition) is 9. The number of aromatic nitrogens is 4. The number of non-ortho nitro benzene ring substituents is 1. The molecule has 13 heteroatoms. The molecular weight excluding hydrogens is 433 g/mol. The lowest BCUT2D eigenvalue weighted by Crippen LogP contribution is -2.19. The van der Waals surface area contributed by atoms with Gasteiger partial charge >= 0.3 is 6.03 Å². The van der Waals surface area contributed by atoms with E-state index in [2.05, 4.69) is 30.8 Å². The summed E-state index contributed by atoms with van der Waals surface area (Å²) >= 11 is 2.23. The number of urea groups is 1. The van der Waals surface area contributed by atoms with Crippen LogP contribution >= 0.6 is 23.1 Å². The Hall–Kier alpha value is -3.71. The van der Waals surface area contributed by atoms with Crippen molar-refractivity contribution in [2.45, 2.75) is 9.37 Å². The lowest BCUT2D eigenvalue weighted by atomic mass is 10.2. The van der Waals surface area contributed by atoms with E-state index in [9.17, 15) is 19.3 Å². The van der Waals surface area contributed by atoms with Crippen LogP contribution in [0.15, 0.2) is 58.2 Å². The van der Waals surface area contributed by atoms with Gasteiger partial charge in [0.1, 0.15) is 17.2 Å². The van der Waals surface area contributed by atoms with Crippen molar-refractivity contribution in [2.24, 2.45) is 0 Å². The Morgan fingerprint density at radius 3 is 2.80 bits per heavy atom. The van der Waals surface area contributed by atoms with Crippen LogP contribution in [0.3, 0.4) is 0 Å². The zero-order chi connectivity index (χ0) is 21.1. The van der Waals surface area contributed by atoms with Crippen LogP contribution in [0.25, 0.3) is 10.9 Å². The Kier molecular flexibility index (Phi) is 5.45. The highest BCUT2D eigenvalue weighted by Gasteiger charge is 2.15. The van der Waals surface area contributed by atoms with Gasteiger partial charge in [0.2, 0.25) is 5.13 Å². The minimum Gasteiger partial charge on any atom is -0.308 e. The largest absolute Gasteiger partial charge is 0.325 e. The molecular formula is C17H10FN7O3S2. The fourth-order valence-corrected chi connectivity index (χ4v) is 4.16. The van der Waals surface area contributed by atoms with Crippen LogP contribution in [0.1, 0.15) is 0 Å². The lowest BCUT2D eigenvalue weighted by molar-refractivity contribution is -0.384. The first kappa shape index (κ1) is 19.6. The van der Waals surface area contributed by atoms with E-state index in [0.717, 1.165) is 23.1 Å². The van der Waals surface area contributed by atoms with Crippen LogP contribution in [-0.2, 0) is 0 Å². The van der Waals surface area contributed by atoms with Crippen molar-refractivity contribution >= 4 is 56.5 Å². The van der Waals surface area contributed by atoms with E-state index in [1.165, 1.54) is 36.7 Å². The lowest BCUT2D eigenvalue weighted by Gasteiger charge is -2.04. The molecule has 2 amide bonds. The maximum Gasteiger partial charge on any atom is 0.325 e. The Balaban J connectivity index is 1.49. The third kappa shape index (κ3) is 4.47. The Labute approximate surface area is 175 Å². The zero-order valence-electron chi connectivity index (χ0n) is 14.8. The van der Waals surface area contributed by atoms with Crippen molar-refractivity contribution in [1.82, 2.24) is 20.2 Å². The monoisotopic (exact) mass is 443 g/mol. The molecule has 0 aliphatic heterocycles. The first-order chi connectivity index (χ1) is 14.5. The smallest absolute Gasteiger partial charge is 0.308 e. The molecule has 2 heterocycles. The molecule has 0 radical (unpaired) electrons. The van der Waals surface area contributed by atoms with Crippen molar-refractivity contribution in [3.8, 4) is 0 Å². The summed E-state index contributed by atoms with van der Waals surface area (Å²) in [5, 5.41) is 25.1. The van der Waals surface area contributed by atoms with E-state index in [0.29, 0.717) is 26.0 Å². The van der Waals surface area contributed by atoms with Crippen LogP contribution in [-0.4, -0.2) is 31.1 Å². The molecule has 0 aliphatic carbocycles. The molecule has 0 unspecified atom stereocenters. The number of nitro groups is 1. The van der Waals surface area contributed by atoms with E-state index in [1.54, 1.807) is 12.1 Å². The second-order valence-electron chi connectivity index (χ2n) is 5.70. The molecule has 2 aromatic carbocycles. The maximum atomic E-state index is 13.2. The number of nitrogens with one attached hydrogen (secondary N) is 2. The van der Waals surface area contributed by atoms with Gasteiger partial charge in [-0.05, 0) is 36.0 Å². The first-order valence-corrected chi connectivity index (χ1v) is 9.85. The van der Waals surface area contributed by atoms with E-state index >= 15 is 0 Å². The number of hydrogen-bond donors (Lipinski definition) is 2. The molecule has 2 aromatic heterocycles. The van der Waals surface area contributed by atoms with Crippen molar-refractivity contribution in [3.63, 3.8) is 0 Å². The summed E-state index contributed by atoms with van der Waals surface area (Å²) < 4.78 is 13.7. The number of amides is 2. The highest BCUT2D eigenvalue weighted by molar-refractivity contribution is 8.01. The number of carbonyl (C=O) groups is 1. The molecule has 2 N–H and O–H groups in total. The summed E-state index contributed by atoms with van der Waals surface area (Å²) in [6.45, 7) is 0. The quantitative estimate of drug-likeness (QED) is 0.201. The highest BCUT2D eigenvalue weighted by Crippen LogP contribution is 2.35. The third-order valence-electron chi connectivity index (χ3n) is 3.69. The second-order valence-corrected chi connectivity index (χ2v) is 7.92. The summed E-state index contributed by atoms with van der Waals surface area (Å²) in [7, 11) is 0. The van der Waals surface area contributed by atoms with Gasteiger partial charge in [0.15, 0.2) is 4.34 Å². The molecule has 0 fully saturated rings. The van der Waals surface area contributed by atoms with Gasteiger partial charge in [0.05, 0.1) is 10.4 Å². The molecule has 0 bridgehead atoms. The average Bonchev–Trinajstić information content (AvgIpc) is 3.14. The number of carbonyl (C=O) groups excluding carboxylic acids is 1. The van der Waals surface area contributed by atoms with Crippen molar-refractivity contribution < 1.29 is 14.1 Å². The Bertz CT molecular complexity index is 1270. The van der Waals surface area contributed by atoms with Gasteiger partial charge in [-0.1, -0.05) is 17.4 Å². The van der Waals surface area contributed by atoms with E-state index in [1.807, 2.05) is 0 Å². The van der Waals surface area contributed by atoms with Crippen LogP contribution < -0.4 is 10.6 Å². The van der Waals surface area contributed by atoms with Crippen LogP contribution in [0.4, 0.5) is 25.7 Å². The van der Waals surface area contributed by atoms with Gasteiger partial charge in [-0.3, -0.25) is 15.4 Å². The van der Waals surface area contributed by atoms with Crippen LogP contribution in [0.5, 0.6) is 0 Å². The molecule has 150 valence electrons. The standard InChI is InChI=1S/C17H10FN7O3S2/c18-9-2-1-3-10(6-9)21-15(26)22-16-23-24-17(30-16)29-14-12-7-11(25(27)28)4-5-13(12)19-8-20-14/h1-8H,(H2,21,22,23,26). The molecule has 0 saturated carbocycles. The predicted molar refractivity (Wildman–Crippen MR) is 109 cm³/mol. The third-order valence-corrected chi connectivity index (χ3v) is 5.59. The summed E-state index contributed by atoms with van der Waals surface area (Å²) in [4.78, 5) is 30.9. The second kappa shape index (κ2) is 8.34.